The topological polar surface area (TPSA) is 43.1 Å². The van der Waals surface area contributed by atoms with Gasteiger partial charge in [-0.1, -0.05) is 22.0 Å². The van der Waals surface area contributed by atoms with Crippen LogP contribution in [0.1, 0.15) is 21.5 Å². The second-order valence-corrected chi connectivity index (χ2v) is 5.32. The number of aryl methyl sites for hydroxylation is 1. The Hall–Kier alpha value is -1.68. The highest BCUT2D eigenvalue weighted by atomic mass is 79.9. The second kappa shape index (κ2) is 5.53. The fourth-order valence-corrected chi connectivity index (χ4v) is 2.26. The standard InChI is InChI=1S/C15H13BrFNO/c1-9-6-12(17)4-2-10(9)7-15(19)13-8-11(16)3-5-14(13)18/h2-6,8H,7,18H2,1H3. The molecule has 0 aliphatic rings. The van der Waals surface area contributed by atoms with Gasteiger partial charge in [-0.25, -0.2) is 4.39 Å². The van der Waals surface area contributed by atoms with Gasteiger partial charge in [-0.2, -0.15) is 0 Å². The van der Waals surface area contributed by atoms with Crippen molar-refractivity contribution in [2.24, 2.45) is 0 Å². The maximum absolute atomic E-state index is 13.0. The van der Waals surface area contributed by atoms with Gasteiger partial charge in [0.25, 0.3) is 0 Å². The molecule has 19 heavy (non-hydrogen) atoms. The van der Waals surface area contributed by atoms with Crippen molar-refractivity contribution in [2.75, 3.05) is 5.73 Å². The molecule has 0 radical (unpaired) electrons. The summed E-state index contributed by atoms with van der Waals surface area (Å²) in [6, 6.07) is 9.60. The van der Waals surface area contributed by atoms with Crippen LogP contribution in [-0.2, 0) is 6.42 Å². The first-order valence-electron chi connectivity index (χ1n) is 5.80. The summed E-state index contributed by atoms with van der Waals surface area (Å²) in [5.74, 6) is -0.371. The van der Waals surface area contributed by atoms with Crippen LogP contribution in [0, 0.1) is 12.7 Å². The minimum Gasteiger partial charge on any atom is -0.398 e. The van der Waals surface area contributed by atoms with E-state index in [-0.39, 0.29) is 18.0 Å². The van der Waals surface area contributed by atoms with Crippen LogP contribution < -0.4 is 5.73 Å². The van der Waals surface area contributed by atoms with Crippen molar-refractivity contribution in [3.8, 4) is 0 Å². The van der Waals surface area contributed by atoms with Gasteiger partial charge in [0.2, 0.25) is 0 Å². The van der Waals surface area contributed by atoms with E-state index in [0.717, 1.165) is 15.6 Å². The number of benzene rings is 2. The van der Waals surface area contributed by atoms with Crippen molar-refractivity contribution < 1.29 is 9.18 Å². The van der Waals surface area contributed by atoms with Crippen molar-refractivity contribution in [2.45, 2.75) is 13.3 Å². The first-order valence-corrected chi connectivity index (χ1v) is 6.60. The number of anilines is 1. The van der Waals surface area contributed by atoms with Crippen LogP contribution in [0.2, 0.25) is 0 Å². The number of nitrogens with two attached hydrogens (primary N) is 1. The number of nitrogen functional groups attached to an aromatic ring is 1. The van der Waals surface area contributed by atoms with Crippen molar-refractivity contribution in [3.05, 3.63) is 63.4 Å². The molecule has 0 heterocycles. The summed E-state index contributed by atoms with van der Waals surface area (Å²) in [6.07, 6.45) is 0.215. The Morgan fingerprint density at radius 1 is 1.26 bits per heavy atom. The van der Waals surface area contributed by atoms with Gasteiger partial charge >= 0.3 is 0 Å². The summed E-state index contributed by atoms with van der Waals surface area (Å²) in [4.78, 5) is 12.2. The van der Waals surface area contributed by atoms with E-state index >= 15 is 0 Å². The molecule has 2 nitrogen and oxygen atoms in total. The van der Waals surface area contributed by atoms with E-state index < -0.39 is 0 Å². The van der Waals surface area contributed by atoms with Crippen molar-refractivity contribution in [1.82, 2.24) is 0 Å². The van der Waals surface area contributed by atoms with Crippen molar-refractivity contribution >= 4 is 27.4 Å². The smallest absolute Gasteiger partial charge is 0.169 e. The zero-order valence-corrected chi connectivity index (χ0v) is 12.0. The Bertz CT molecular complexity index is 640. The van der Waals surface area contributed by atoms with Crippen LogP contribution in [0.4, 0.5) is 10.1 Å². The molecule has 2 rings (SSSR count). The van der Waals surface area contributed by atoms with E-state index in [9.17, 15) is 9.18 Å². The lowest BCUT2D eigenvalue weighted by molar-refractivity contribution is 0.0993. The van der Waals surface area contributed by atoms with E-state index in [2.05, 4.69) is 15.9 Å². The van der Waals surface area contributed by atoms with Crippen molar-refractivity contribution in [1.29, 1.82) is 0 Å². The maximum atomic E-state index is 13.0. The molecular formula is C15H13BrFNO. The molecule has 0 aliphatic carbocycles. The highest BCUT2D eigenvalue weighted by Gasteiger charge is 2.12. The third-order valence-corrected chi connectivity index (χ3v) is 3.46. The molecule has 2 N–H and O–H groups in total. The Labute approximate surface area is 119 Å². The Balaban J connectivity index is 2.28. The quantitative estimate of drug-likeness (QED) is 0.688. The fraction of sp³-hybridized carbons (Fsp3) is 0.133. The van der Waals surface area contributed by atoms with Crippen LogP contribution in [0.3, 0.4) is 0 Å². The third kappa shape index (κ3) is 3.20. The summed E-state index contributed by atoms with van der Waals surface area (Å²) < 4.78 is 13.8. The van der Waals surface area contributed by atoms with E-state index in [1.807, 2.05) is 0 Å². The molecule has 0 saturated carbocycles. The van der Waals surface area contributed by atoms with Crippen molar-refractivity contribution in [3.63, 3.8) is 0 Å². The molecule has 0 aliphatic heterocycles. The van der Waals surface area contributed by atoms with E-state index in [1.165, 1.54) is 12.1 Å². The summed E-state index contributed by atoms with van der Waals surface area (Å²) in [6.45, 7) is 1.79. The van der Waals surface area contributed by atoms with Crippen LogP contribution >= 0.6 is 15.9 Å². The van der Waals surface area contributed by atoms with Gasteiger partial charge in [0.15, 0.2) is 5.78 Å². The molecule has 0 bridgehead atoms. The largest absolute Gasteiger partial charge is 0.398 e. The van der Waals surface area contributed by atoms with Crippen LogP contribution in [-0.4, -0.2) is 5.78 Å². The average Bonchev–Trinajstić information content (AvgIpc) is 2.35. The zero-order valence-electron chi connectivity index (χ0n) is 10.4. The van der Waals surface area contributed by atoms with Crippen LogP contribution in [0.5, 0.6) is 0 Å². The molecule has 0 aromatic heterocycles. The predicted octanol–water partition coefficient (Wildman–Crippen LogP) is 3.90. The summed E-state index contributed by atoms with van der Waals surface area (Å²) in [5.41, 5.74) is 8.32. The molecule has 2 aromatic rings. The summed E-state index contributed by atoms with van der Waals surface area (Å²) in [7, 11) is 0. The Morgan fingerprint density at radius 3 is 2.68 bits per heavy atom. The average molecular weight is 322 g/mol. The number of carbonyl (C=O) groups excluding carboxylic acids is 1. The van der Waals surface area contributed by atoms with Gasteiger partial charge in [0.05, 0.1) is 0 Å². The molecular weight excluding hydrogens is 309 g/mol. The number of hydrogen-bond donors (Lipinski definition) is 1. The van der Waals surface area contributed by atoms with Crippen LogP contribution in [0.15, 0.2) is 40.9 Å². The number of carbonyl (C=O) groups is 1. The minimum absolute atomic E-state index is 0.0755. The second-order valence-electron chi connectivity index (χ2n) is 4.40. The number of halogens is 2. The third-order valence-electron chi connectivity index (χ3n) is 2.97. The van der Waals surface area contributed by atoms with Gasteiger partial charge in [-0.3, -0.25) is 4.79 Å². The molecule has 0 atom stereocenters. The van der Waals surface area contributed by atoms with Gasteiger partial charge in [0, 0.05) is 22.1 Å². The molecule has 4 heteroatoms. The molecule has 0 amide bonds. The number of rotatable bonds is 3. The van der Waals surface area contributed by atoms with Crippen LogP contribution in [0.25, 0.3) is 0 Å². The first kappa shape index (κ1) is 13.7. The minimum atomic E-state index is -0.296. The first-order chi connectivity index (χ1) is 8.97. The Morgan fingerprint density at radius 2 is 2.00 bits per heavy atom. The lowest BCUT2D eigenvalue weighted by atomic mass is 9.98. The molecule has 98 valence electrons. The van der Waals surface area contributed by atoms with Gasteiger partial charge < -0.3 is 5.73 Å². The molecule has 2 aromatic carbocycles. The highest BCUT2D eigenvalue weighted by Crippen LogP contribution is 2.21. The van der Waals surface area contributed by atoms with Gasteiger partial charge in [-0.15, -0.1) is 0 Å². The lowest BCUT2D eigenvalue weighted by Crippen LogP contribution is -2.08. The van der Waals surface area contributed by atoms with E-state index in [0.29, 0.717) is 11.3 Å². The molecule has 0 fully saturated rings. The zero-order chi connectivity index (χ0) is 14.0. The van der Waals surface area contributed by atoms with Gasteiger partial charge in [0.1, 0.15) is 5.82 Å². The SMILES string of the molecule is Cc1cc(F)ccc1CC(=O)c1cc(Br)ccc1N. The van der Waals surface area contributed by atoms with E-state index in [1.54, 1.807) is 31.2 Å². The van der Waals surface area contributed by atoms with E-state index in [4.69, 9.17) is 5.73 Å². The molecule has 0 unspecified atom stereocenters. The lowest BCUT2D eigenvalue weighted by Gasteiger charge is -2.08. The van der Waals surface area contributed by atoms with Gasteiger partial charge in [-0.05, 0) is 48.4 Å². The molecule has 0 saturated heterocycles. The summed E-state index contributed by atoms with van der Waals surface area (Å²) >= 11 is 3.32. The molecule has 0 spiro atoms. The maximum Gasteiger partial charge on any atom is 0.169 e. The predicted molar refractivity (Wildman–Crippen MR) is 77.7 cm³/mol. The summed E-state index contributed by atoms with van der Waals surface area (Å²) in [5, 5.41) is 0. The fourth-order valence-electron chi connectivity index (χ4n) is 1.90. The number of ketones is 1. The number of hydrogen-bond acceptors (Lipinski definition) is 2. The monoisotopic (exact) mass is 321 g/mol. The normalized spacial score (nSPS) is 10.5. The highest BCUT2D eigenvalue weighted by molar-refractivity contribution is 9.10. The number of Topliss-reactive ketones (excluding diaryl/α,β-unsaturated/α-hetero) is 1. The Kier molecular flexibility index (Phi) is 4.00.